The monoisotopic (exact) mass is 297 g/mol. The standard InChI is InChI=1S/C15H27N3O3/c1-4-17(5-2)15(21)11-16(3)14(20)12-18-10-8-6-7-9-13(18)19/h4-12H2,1-3H3. The van der Waals surface area contributed by atoms with E-state index in [-0.39, 0.29) is 30.8 Å². The Morgan fingerprint density at radius 1 is 1.10 bits per heavy atom. The van der Waals surface area contributed by atoms with Crippen LogP contribution in [0.3, 0.4) is 0 Å². The van der Waals surface area contributed by atoms with Crippen molar-refractivity contribution in [3.63, 3.8) is 0 Å². The molecule has 0 aromatic heterocycles. The molecule has 1 heterocycles. The molecule has 0 N–H and O–H groups in total. The summed E-state index contributed by atoms with van der Waals surface area (Å²) < 4.78 is 0. The Balaban J connectivity index is 2.50. The van der Waals surface area contributed by atoms with E-state index in [2.05, 4.69) is 0 Å². The minimum atomic E-state index is -0.175. The summed E-state index contributed by atoms with van der Waals surface area (Å²) in [7, 11) is 1.62. The summed E-state index contributed by atoms with van der Waals surface area (Å²) >= 11 is 0. The van der Waals surface area contributed by atoms with E-state index in [0.29, 0.717) is 26.1 Å². The minimum absolute atomic E-state index is 0.0457. The van der Waals surface area contributed by atoms with E-state index >= 15 is 0 Å². The zero-order valence-corrected chi connectivity index (χ0v) is 13.4. The van der Waals surface area contributed by atoms with E-state index in [4.69, 9.17) is 0 Å². The first-order valence-electron chi connectivity index (χ1n) is 7.79. The van der Waals surface area contributed by atoms with E-state index < -0.39 is 0 Å². The molecular weight excluding hydrogens is 270 g/mol. The van der Waals surface area contributed by atoms with Gasteiger partial charge in [-0.3, -0.25) is 14.4 Å². The molecule has 21 heavy (non-hydrogen) atoms. The SMILES string of the molecule is CCN(CC)C(=O)CN(C)C(=O)CN1CCCCCC1=O. The second kappa shape index (κ2) is 8.64. The van der Waals surface area contributed by atoms with Crippen LogP contribution in [0.25, 0.3) is 0 Å². The average Bonchev–Trinajstić information content (AvgIpc) is 2.65. The van der Waals surface area contributed by atoms with Crippen LogP contribution in [0.1, 0.15) is 39.5 Å². The number of carbonyl (C=O) groups excluding carboxylic acids is 3. The topological polar surface area (TPSA) is 60.9 Å². The first-order chi connectivity index (χ1) is 9.99. The molecule has 0 atom stereocenters. The summed E-state index contributed by atoms with van der Waals surface area (Å²) in [6, 6.07) is 0. The summed E-state index contributed by atoms with van der Waals surface area (Å²) in [6.45, 7) is 5.91. The van der Waals surface area contributed by atoms with Gasteiger partial charge < -0.3 is 14.7 Å². The number of rotatable bonds is 6. The lowest BCUT2D eigenvalue weighted by Crippen LogP contribution is -2.45. The minimum Gasteiger partial charge on any atom is -0.342 e. The van der Waals surface area contributed by atoms with Crippen LogP contribution in [-0.4, -0.2) is 72.2 Å². The molecular formula is C15H27N3O3. The smallest absolute Gasteiger partial charge is 0.242 e. The van der Waals surface area contributed by atoms with Gasteiger partial charge in [0.25, 0.3) is 0 Å². The van der Waals surface area contributed by atoms with Crippen LogP contribution in [0.4, 0.5) is 0 Å². The highest BCUT2D eigenvalue weighted by Gasteiger charge is 2.22. The molecule has 3 amide bonds. The fourth-order valence-electron chi connectivity index (χ4n) is 2.46. The van der Waals surface area contributed by atoms with Gasteiger partial charge in [-0.05, 0) is 26.7 Å². The largest absolute Gasteiger partial charge is 0.342 e. The summed E-state index contributed by atoms with van der Waals surface area (Å²) in [5, 5.41) is 0. The van der Waals surface area contributed by atoms with Crippen LogP contribution in [0.2, 0.25) is 0 Å². The number of hydrogen-bond donors (Lipinski definition) is 0. The molecule has 1 aliphatic heterocycles. The van der Waals surface area contributed by atoms with E-state index in [1.807, 2.05) is 13.8 Å². The molecule has 0 unspecified atom stereocenters. The Hall–Kier alpha value is -1.59. The van der Waals surface area contributed by atoms with Crippen molar-refractivity contribution in [3.05, 3.63) is 0 Å². The van der Waals surface area contributed by atoms with Crippen molar-refractivity contribution in [2.24, 2.45) is 0 Å². The van der Waals surface area contributed by atoms with Gasteiger partial charge in [0, 0.05) is 33.1 Å². The van der Waals surface area contributed by atoms with Crippen molar-refractivity contribution >= 4 is 17.7 Å². The lowest BCUT2D eigenvalue weighted by atomic mass is 10.2. The lowest BCUT2D eigenvalue weighted by Gasteiger charge is -2.26. The van der Waals surface area contributed by atoms with Gasteiger partial charge in [0.2, 0.25) is 17.7 Å². The van der Waals surface area contributed by atoms with Crippen LogP contribution in [-0.2, 0) is 14.4 Å². The molecule has 0 saturated carbocycles. The summed E-state index contributed by atoms with van der Waals surface area (Å²) in [5.41, 5.74) is 0. The van der Waals surface area contributed by atoms with Crippen LogP contribution in [0.15, 0.2) is 0 Å². The van der Waals surface area contributed by atoms with E-state index in [1.165, 1.54) is 4.90 Å². The molecule has 120 valence electrons. The Labute approximate surface area is 127 Å². The Morgan fingerprint density at radius 2 is 1.76 bits per heavy atom. The average molecular weight is 297 g/mol. The van der Waals surface area contributed by atoms with Gasteiger partial charge in [0.1, 0.15) is 0 Å². The number of carbonyl (C=O) groups is 3. The van der Waals surface area contributed by atoms with Crippen LogP contribution >= 0.6 is 0 Å². The van der Waals surface area contributed by atoms with Crippen LogP contribution < -0.4 is 0 Å². The number of amides is 3. The molecule has 0 radical (unpaired) electrons. The maximum atomic E-state index is 12.2. The fourth-order valence-corrected chi connectivity index (χ4v) is 2.46. The molecule has 0 aliphatic carbocycles. The van der Waals surface area contributed by atoms with Gasteiger partial charge in [0.15, 0.2) is 0 Å². The maximum Gasteiger partial charge on any atom is 0.242 e. The molecule has 1 fully saturated rings. The molecule has 1 saturated heterocycles. The molecule has 0 bridgehead atoms. The van der Waals surface area contributed by atoms with Crippen molar-refractivity contribution in [1.82, 2.24) is 14.7 Å². The van der Waals surface area contributed by atoms with Crippen LogP contribution in [0.5, 0.6) is 0 Å². The van der Waals surface area contributed by atoms with Crippen molar-refractivity contribution in [3.8, 4) is 0 Å². The Morgan fingerprint density at radius 3 is 2.38 bits per heavy atom. The molecule has 0 aromatic rings. The van der Waals surface area contributed by atoms with E-state index in [9.17, 15) is 14.4 Å². The first-order valence-corrected chi connectivity index (χ1v) is 7.79. The third-order valence-corrected chi connectivity index (χ3v) is 3.91. The highest BCUT2D eigenvalue weighted by molar-refractivity contribution is 5.88. The predicted octanol–water partition coefficient (Wildman–Crippen LogP) is 0.716. The zero-order chi connectivity index (χ0) is 15.8. The second-order valence-electron chi connectivity index (χ2n) is 5.44. The summed E-state index contributed by atoms with van der Waals surface area (Å²) in [4.78, 5) is 40.8. The van der Waals surface area contributed by atoms with Gasteiger partial charge in [0.05, 0.1) is 13.1 Å². The molecule has 0 aromatic carbocycles. The number of likely N-dealkylation sites (N-methyl/N-ethyl adjacent to an activating group) is 2. The molecule has 6 nitrogen and oxygen atoms in total. The highest BCUT2D eigenvalue weighted by Crippen LogP contribution is 2.11. The normalized spacial score (nSPS) is 15.6. The number of likely N-dealkylation sites (tertiary alicyclic amines) is 1. The second-order valence-corrected chi connectivity index (χ2v) is 5.44. The Kier molecular flexibility index (Phi) is 7.19. The highest BCUT2D eigenvalue weighted by atomic mass is 16.2. The number of hydrogen-bond acceptors (Lipinski definition) is 3. The van der Waals surface area contributed by atoms with Gasteiger partial charge in [-0.15, -0.1) is 0 Å². The van der Waals surface area contributed by atoms with Crippen molar-refractivity contribution in [1.29, 1.82) is 0 Å². The van der Waals surface area contributed by atoms with Gasteiger partial charge in [-0.25, -0.2) is 0 Å². The van der Waals surface area contributed by atoms with Crippen molar-refractivity contribution in [2.75, 3.05) is 39.8 Å². The van der Waals surface area contributed by atoms with Crippen molar-refractivity contribution in [2.45, 2.75) is 39.5 Å². The lowest BCUT2D eigenvalue weighted by molar-refractivity contribution is -0.142. The molecule has 1 rings (SSSR count). The fraction of sp³-hybridized carbons (Fsp3) is 0.800. The first kappa shape index (κ1) is 17.5. The van der Waals surface area contributed by atoms with Crippen molar-refractivity contribution < 1.29 is 14.4 Å². The Bertz CT molecular complexity index is 380. The molecule has 0 spiro atoms. The molecule has 6 heteroatoms. The maximum absolute atomic E-state index is 12.2. The third-order valence-electron chi connectivity index (χ3n) is 3.91. The zero-order valence-electron chi connectivity index (χ0n) is 13.4. The summed E-state index contributed by atoms with van der Waals surface area (Å²) in [5.74, 6) is -0.187. The van der Waals surface area contributed by atoms with E-state index in [0.717, 1.165) is 19.3 Å². The third kappa shape index (κ3) is 5.36. The predicted molar refractivity (Wildman–Crippen MR) is 80.6 cm³/mol. The quantitative estimate of drug-likeness (QED) is 0.725. The van der Waals surface area contributed by atoms with Gasteiger partial charge in [-0.1, -0.05) is 6.42 Å². The molecule has 1 aliphatic rings. The van der Waals surface area contributed by atoms with Gasteiger partial charge >= 0.3 is 0 Å². The summed E-state index contributed by atoms with van der Waals surface area (Å²) in [6.07, 6.45) is 3.41. The van der Waals surface area contributed by atoms with E-state index in [1.54, 1.807) is 16.8 Å². The number of nitrogens with zero attached hydrogens (tertiary/aromatic N) is 3. The van der Waals surface area contributed by atoms with Crippen LogP contribution in [0, 0.1) is 0 Å². The van der Waals surface area contributed by atoms with Gasteiger partial charge in [-0.2, -0.15) is 0 Å².